The predicted molar refractivity (Wildman–Crippen MR) is 81.9 cm³/mol. The minimum Gasteiger partial charge on any atom is -0.465 e. The summed E-state index contributed by atoms with van der Waals surface area (Å²) in [5.74, 6) is -0.727. The Bertz CT molecular complexity index is 819. The first kappa shape index (κ1) is 13.4. The molecule has 0 aliphatic carbocycles. The van der Waals surface area contributed by atoms with Crippen molar-refractivity contribution in [2.75, 3.05) is 12.4 Å². The number of fused-ring (bicyclic) bond motifs is 1. The first-order valence-electron chi connectivity index (χ1n) is 6.24. The number of aromatic amines is 1. The molecule has 0 aliphatic heterocycles. The van der Waals surface area contributed by atoms with Crippen molar-refractivity contribution in [2.45, 2.75) is 0 Å². The van der Waals surface area contributed by atoms with Gasteiger partial charge in [0.15, 0.2) is 0 Å². The summed E-state index contributed by atoms with van der Waals surface area (Å²) in [6.45, 7) is 0. The van der Waals surface area contributed by atoms with Crippen LogP contribution < -0.4 is 5.32 Å². The third-order valence-electron chi connectivity index (χ3n) is 3.12. The van der Waals surface area contributed by atoms with E-state index in [1.165, 1.54) is 18.4 Å². The molecule has 106 valence electrons. The highest BCUT2D eigenvalue weighted by Crippen LogP contribution is 2.25. The minimum absolute atomic E-state index is 0.268. The zero-order chi connectivity index (χ0) is 14.8. The molecule has 0 atom stereocenters. The number of carbonyl (C=O) groups excluding carboxylic acids is 2. The molecule has 2 heterocycles. The number of hydrogen-bond acceptors (Lipinski definition) is 4. The standard InChI is InChI=1S/C15H12N2O3S/c1-20-15(19)13-12(6-7-21-13)17-14(18)10-8-16-11-5-3-2-4-9(10)11/h2-8,16H,1H3,(H,17,18). The maximum Gasteiger partial charge on any atom is 0.350 e. The van der Waals surface area contributed by atoms with Crippen molar-refractivity contribution in [3.8, 4) is 0 Å². The van der Waals surface area contributed by atoms with Crippen LogP contribution in [0.1, 0.15) is 20.0 Å². The smallest absolute Gasteiger partial charge is 0.350 e. The number of para-hydroxylation sites is 1. The molecule has 0 saturated carbocycles. The second-order valence-electron chi connectivity index (χ2n) is 4.36. The third-order valence-corrected chi connectivity index (χ3v) is 4.01. The molecule has 3 rings (SSSR count). The summed E-state index contributed by atoms with van der Waals surface area (Å²) in [6, 6.07) is 9.22. The zero-order valence-electron chi connectivity index (χ0n) is 11.2. The Kier molecular flexibility index (Phi) is 3.45. The van der Waals surface area contributed by atoms with E-state index in [0.717, 1.165) is 10.9 Å². The van der Waals surface area contributed by atoms with Crippen LogP contribution in [0.15, 0.2) is 41.9 Å². The van der Waals surface area contributed by atoms with Gasteiger partial charge in [0, 0.05) is 17.1 Å². The molecule has 0 radical (unpaired) electrons. The van der Waals surface area contributed by atoms with E-state index in [9.17, 15) is 9.59 Å². The number of benzene rings is 1. The predicted octanol–water partition coefficient (Wildman–Crippen LogP) is 3.27. The Balaban J connectivity index is 1.90. The number of esters is 1. The van der Waals surface area contributed by atoms with Gasteiger partial charge in [-0.25, -0.2) is 4.79 Å². The normalized spacial score (nSPS) is 10.5. The van der Waals surface area contributed by atoms with Gasteiger partial charge < -0.3 is 15.0 Å². The van der Waals surface area contributed by atoms with Gasteiger partial charge in [-0.05, 0) is 17.5 Å². The molecule has 3 aromatic rings. The van der Waals surface area contributed by atoms with E-state index in [1.807, 2.05) is 24.3 Å². The van der Waals surface area contributed by atoms with Gasteiger partial charge in [0.1, 0.15) is 4.88 Å². The van der Waals surface area contributed by atoms with E-state index in [0.29, 0.717) is 16.1 Å². The van der Waals surface area contributed by atoms with Crippen molar-refractivity contribution < 1.29 is 14.3 Å². The largest absolute Gasteiger partial charge is 0.465 e. The first-order chi connectivity index (χ1) is 10.2. The summed E-state index contributed by atoms with van der Waals surface area (Å²) in [4.78, 5) is 27.4. The Hall–Kier alpha value is -2.60. The Labute approximate surface area is 124 Å². The summed E-state index contributed by atoms with van der Waals surface area (Å²) in [5.41, 5.74) is 1.89. The maximum atomic E-state index is 12.4. The number of carbonyl (C=O) groups is 2. The summed E-state index contributed by atoms with van der Waals surface area (Å²) < 4.78 is 4.69. The molecule has 1 aromatic carbocycles. The fraction of sp³-hybridized carbons (Fsp3) is 0.0667. The van der Waals surface area contributed by atoms with Crippen molar-refractivity contribution in [1.29, 1.82) is 0 Å². The lowest BCUT2D eigenvalue weighted by Crippen LogP contribution is -2.13. The lowest BCUT2D eigenvalue weighted by atomic mass is 10.1. The van der Waals surface area contributed by atoms with Crippen LogP contribution in [0.5, 0.6) is 0 Å². The second-order valence-corrected chi connectivity index (χ2v) is 5.27. The molecule has 1 amide bonds. The molecule has 0 unspecified atom stereocenters. The zero-order valence-corrected chi connectivity index (χ0v) is 12.0. The van der Waals surface area contributed by atoms with Crippen molar-refractivity contribution in [1.82, 2.24) is 4.98 Å². The van der Waals surface area contributed by atoms with Crippen molar-refractivity contribution in [3.63, 3.8) is 0 Å². The van der Waals surface area contributed by atoms with E-state index in [4.69, 9.17) is 4.74 Å². The molecule has 0 aliphatic rings. The number of methoxy groups -OCH3 is 1. The number of rotatable bonds is 3. The molecule has 5 nitrogen and oxygen atoms in total. The van der Waals surface area contributed by atoms with E-state index in [2.05, 4.69) is 10.3 Å². The van der Waals surface area contributed by atoms with Crippen LogP contribution in [-0.4, -0.2) is 24.0 Å². The van der Waals surface area contributed by atoms with Gasteiger partial charge in [-0.1, -0.05) is 18.2 Å². The number of ether oxygens (including phenoxy) is 1. The van der Waals surface area contributed by atoms with Gasteiger partial charge in [-0.15, -0.1) is 11.3 Å². The average Bonchev–Trinajstić information content (AvgIpc) is 3.12. The Morgan fingerprint density at radius 3 is 2.86 bits per heavy atom. The average molecular weight is 300 g/mol. The summed E-state index contributed by atoms with van der Waals surface area (Å²) in [7, 11) is 1.31. The van der Waals surface area contributed by atoms with Gasteiger partial charge in [-0.3, -0.25) is 4.79 Å². The van der Waals surface area contributed by atoms with Crippen molar-refractivity contribution in [2.24, 2.45) is 0 Å². The van der Waals surface area contributed by atoms with E-state index in [-0.39, 0.29) is 5.91 Å². The van der Waals surface area contributed by atoms with Crippen LogP contribution in [0.25, 0.3) is 10.9 Å². The van der Waals surface area contributed by atoms with Crippen LogP contribution >= 0.6 is 11.3 Å². The fourth-order valence-corrected chi connectivity index (χ4v) is 2.87. The van der Waals surface area contributed by atoms with Gasteiger partial charge in [-0.2, -0.15) is 0 Å². The number of thiophene rings is 1. The molecule has 0 fully saturated rings. The molecule has 6 heteroatoms. The lowest BCUT2D eigenvalue weighted by Gasteiger charge is -2.04. The highest BCUT2D eigenvalue weighted by Gasteiger charge is 2.18. The van der Waals surface area contributed by atoms with Crippen molar-refractivity contribution in [3.05, 3.63) is 52.3 Å². The molecule has 21 heavy (non-hydrogen) atoms. The minimum atomic E-state index is -0.459. The molecule has 0 saturated heterocycles. The monoisotopic (exact) mass is 300 g/mol. The number of H-pyrrole nitrogens is 1. The quantitative estimate of drug-likeness (QED) is 0.729. The maximum absolute atomic E-state index is 12.4. The van der Waals surface area contributed by atoms with E-state index >= 15 is 0 Å². The molecular formula is C15H12N2O3S. The van der Waals surface area contributed by atoms with Gasteiger partial charge in [0.05, 0.1) is 18.4 Å². The van der Waals surface area contributed by atoms with Gasteiger partial charge >= 0.3 is 5.97 Å². The third kappa shape index (κ3) is 2.41. The number of anilines is 1. The van der Waals surface area contributed by atoms with E-state index < -0.39 is 5.97 Å². The van der Waals surface area contributed by atoms with Crippen LogP contribution in [-0.2, 0) is 4.74 Å². The number of aromatic nitrogens is 1. The molecule has 2 N–H and O–H groups in total. The number of hydrogen-bond donors (Lipinski definition) is 2. The van der Waals surface area contributed by atoms with Crippen LogP contribution in [0.2, 0.25) is 0 Å². The SMILES string of the molecule is COC(=O)c1sccc1NC(=O)c1c[nH]c2ccccc12. The molecule has 2 aromatic heterocycles. The van der Waals surface area contributed by atoms with E-state index in [1.54, 1.807) is 17.6 Å². The fourth-order valence-electron chi connectivity index (χ4n) is 2.11. The Morgan fingerprint density at radius 2 is 2.05 bits per heavy atom. The topological polar surface area (TPSA) is 71.2 Å². The highest BCUT2D eigenvalue weighted by molar-refractivity contribution is 7.12. The van der Waals surface area contributed by atoms with Crippen LogP contribution in [0, 0.1) is 0 Å². The lowest BCUT2D eigenvalue weighted by molar-refractivity contribution is 0.0607. The number of nitrogens with one attached hydrogen (secondary N) is 2. The summed E-state index contributed by atoms with van der Waals surface area (Å²) >= 11 is 1.23. The molecular weight excluding hydrogens is 288 g/mol. The van der Waals surface area contributed by atoms with Crippen LogP contribution in [0.4, 0.5) is 5.69 Å². The first-order valence-corrected chi connectivity index (χ1v) is 7.12. The molecule has 0 spiro atoms. The van der Waals surface area contributed by atoms with Crippen LogP contribution in [0.3, 0.4) is 0 Å². The van der Waals surface area contributed by atoms with Gasteiger partial charge in [0.25, 0.3) is 5.91 Å². The highest BCUT2D eigenvalue weighted by atomic mass is 32.1. The number of amides is 1. The Morgan fingerprint density at radius 1 is 1.24 bits per heavy atom. The summed E-state index contributed by atoms with van der Waals surface area (Å²) in [5, 5.41) is 5.32. The van der Waals surface area contributed by atoms with Gasteiger partial charge in [0.2, 0.25) is 0 Å². The summed E-state index contributed by atoms with van der Waals surface area (Å²) in [6.07, 6.45) is 1.66. The second kappa shape index (κ2) is 5.41. The van der Waals surface area contributed by atoms with Crippen molar-refractivity contribution >= 4 is 39.8 Å². The molecule has 0 bridgehead atoms.